The number of para-hydroxylation sites is 1. The van der Waals surface area contributed by atoms with Gasteiger partial charge in [0.15, 0.2) is 5.82 Å². The van der Waals surface area contributed by atoms with Gasteiger partial charge in [0.25, 0.3) is 0 Å². The zero-order valence-corrected chi connectivity index (χ0v) is 37.4. The number of aryl methyl sites for hydroxylation is 1. The summed E-state index contributed by atoms with van der Waals surface area (Å²) < 4.78 is 39.5. The lowest BCUT2D eigenvalue weighted by Crippen LogP contribution is -2.51. The minimum Gasteiger partial charge on any atom is -0.496 e. The molecule has 0 unspecified atom stereocenters. The van der Waals surface area contributed by atoms with E-state index in [2.05, 4.69) is 19.9 Å². The van der Waals surface area contributed by atoms with E-state index in [0.29, 0.717) is 104 Å². The van der Waals surface area contributed by atoms with E-state index in [0.717, 1.165) is 16.0 Å². The smallest absolute Gasteiger partial charge is 0.345 e. The summed E-state index contributed by atoms with van der Waals surface area (Å²) in [6.45, 7) is 3.98. The highest BCUT2D eigenvalue weighted by atomic mass is 35.5. The average molecular weight is 915 g/mol. The number of rotatable bonds is 9. The molecule has 0 aliphatic carbocycles. The maximum Gasteiger partial charge on any atom is 0.345 e. The van der Waals surface area contributed by atoms with Crippen LogP contribution in [0.2, 0.25) is 5.02 Å². The van der Waals surface area contributed by atoms with Crippen molar-refractivity contribution in [2.24, 2.45) is 0 Å². The second-order valence-corrected chi connectivity index (χ2v) is 17.4. The van der Waals surface area contributed by atoms with Gasteiger partial charge in [0.05, 0.1) is 35.3 Å². The molecule has 10 rings (SSSR count). The zero-order chi connectivity index (χ0) is 45.2. The van der Waals surface area contributed by atoms with Crippen LogP contribution in [0.3, 0.4) is 0 Å². The number of hydrogen-bond acceptors (Lipinski definition) is 12. The van der Waals surface area contributed by atoms with Gasteiger partial charge in [-0.15, -0.1) is 11.3 Å². The summed E-state index contributed by atoms with van der Waals surface area (Å²) in [5.41, 5.74) is 5.61. The summed E-state index contributed by atoms with van der Waals surface area (Å²) in [5, 5.41) is 11.7. The molecule has 4 bridgehead atoms. The number of nitrogens with zero attached hydrogens (tertiary/aromatic N) is 6. The van der Waals surface area contributed by atoms with Crippen LogP contribution in [0.5, 0.6) is 23.1 Å². The Morgan fingerprint density at radius 1 is 0.985 bits per heavy atom. The van der Waals surface area contributed by atoms with Gasteiger partial charge in [-0.3, -0.25) is 9.69 Å². The molecule has 0 spiro atoms. The van der Waals surface area contributed by atoms with Gasteiger partial charge in [0, 0.05) is 49.7 Å². The number of carboxylic acid groups (broad SMARTS) is 1. The first kappa shape index (κ1) is 43.6. The van der Waals surface area contributed by atoms with Crippen LogP contribution < -0.4 is 18.9 Å². The summed E-state index contributed by atoms with van der Waals surface area (Å²) in [6, 6.07) is 24.8. The van der Waals surface area contributed by atoms with Gasteiger partial charge in [-0.25, -0.2) is 29.1 Å². The Morgan fingerprint density at radius 2 is 1.82 bits per heavy atom. The number of benzene rings is 4. The number of fused-ring (bicyclic) bond motifs is 7. The predicted octanol–water partition coefficient (Wildman–Crippen LogP) is 8.71. The van der Waals surface area contributed by atoms with Crippen molar-refractivity contribution in [3.8, 4) is 56.1 Å². The molecule has 2 atom stereocenters. The third-order valence-corrected chi connectivity index (χ3v) is 13.3. The number of carboxylic acids is 1. The molecule has 332 valence electrons. The number of ether oxygens (including phenoxy) is 4. The van der Waals surface area contributed by atoms with Crippen LogP contribution in [0.1, 0.15) is 28.8 Å². The first-order valence-electron chi connectivity index (χ1n) is 21.1. The highest BCUT2D eigenvalue weighted by molar-refractivity contribution is 7.22. The predicted molar refractivity (Wildman–Crippen MR) is 245 cm³/mol. The number of aliphatic carboxylic acids is 1. The third kappa shape index (κ3) is 9.30. The molecule has 0 saturated carbocycles. The van der Waals surface area contributed by atoms with E-state index in [4.69, 9.17) is 35.5 Å². The Labute approximate surface area is 383 Å². The number of carbonyl (C=O) groups is 2. The van der Waals surface area contributed by atoms with Gasteiger partial charge in [-0.1, -0.05) is 54.1 Å². The van der Waals surface area contributed by atoms with E-state index in [1.807, 2.05) is 61.5 Å². The number of hydrogen-bond donors (Lipinski definition) is 1. The summed E-state index contributed by atoms with van der Waals surface area (Å²) >= 11 is 8.59. The van der Waals surface area contributed by atoms with E-state index in [-0.39, 0.29) is 43.3 Å². The van der Waals surface area contributed by atoms with Crippen molar-refractivity contribution in [3.05, 3.63) is 131 Å². The van der Waals surface area contributed by atoms with Gasteiger partial charge < -0.3 is 29.0 Å². The second-order valence-electron chi connectivity index (χ2n) is 16.0. The van der Waals surface area contributed by atoms with Crippen molar-refractivity contribution in [2.75, 3.05) is 40.3 Å². The Balaban J connectivity index is 1.14. The molecule has 65 heavy (non-hydrogen) atoms. The largest absolute Gasteiger partial charge is 0.496 e. The fraction of sp³-hybridized carbons (Fsp3) is 0.265. The molecule has 13 nitrogen and oxygen atoms in total. The molecule has 3 aliphatic heterocycles. The van der Waals surface area contributed by atoms with Crippen molar-refractivity contribution in [3.63, 3.8) is 0 Å². The maximum absolute atomic E-state index is 14.3. The monoisotopic (exact) mass is 914 g/mol. The van der Waals surface area contributed by atoms with Gasteiger partial charge in [0.2, 0.25) is 17.9 Å². The van der Waals surface area contributed by atoms with Crippen molar-refractivity contribution in [1.29, 1.82) is 0 Å². The highest BCUT2D eigenvalue weighted by Crippen LogP contribution is 2.50. The summed E-state index contributed by atoms with van der Waals surface area (Å²) in [4.78, 5) is 49.5. The molecule has 1 amide bonds. The number of likely N-dealkylation sites (N-methyl/N-ethyl adjacent to an activating group) is 1. The lowest BCUT2D eigenvalue weighted by molar-refractivity contribution is -0.145. The van der Waals surface area contributed by atoms with Crippen LogP contribution >= 0.6 is 22.9 Å². The zero-order valence-electron chi connectivity index (χ0n) is 35.8. The molecule has 4 aromatic carbocycles. The van der Waals surface area contributed by atoms with Crippen molar-refractivity contribution in [1.82, 2.24) is 29.7 Å². The molecule has 16 heteroatoms. The van der Waals surface area contributed by atoms with Crippen LogP contribution in [-0.2, 0) is 29.0 Å². The number of methoxy groups -OCH3 is 1. The maximum atomic E-state index is 14.3. The quantitative estimate of drug-likeness (QED) is 0.148. The summed E-state index contributed by atoms with van der Waals surface area (Å²) in [7, 11) is 3.40. The van der Waals surface area contributed by atoms with Crippen molar-refractivity contribution in [2.45, 2.75) is 45.0 Å². The van der Waals surface area contributed by atoms with Gasteiger partial charge in [-0.05, 0) is 90.0 Å². The van der Waals surface area contributed by atoms with Gasteiger partial charge in [0.1, 0.15) is 46.9 Å². The number of piperazine rings is 1. The number of halogens is 2. The Bertz CT molecular complexity index is 2920. The van der Waals surface area contributed by atoms with E-state index in [9.17, 15) is 19.1 Å². The SMILES string of the molecule is COc1ccccc1-c1nccc(COc2ccc3cc2C[C@H](C(=O)O)Oc2ncnc4sc(-c5ccc(F)cc5)c(c24)-c2ccc(c(Cl)c2C)O[C@H](CN2CCN(C)C(=O)C2)CC3)n1. The second kappa shape index (κ2) is 18.8. The van der Waals surface area contributed by atoms with Crippen molar-refractivity contribution < 1.29 is 38.0 Å². The Hall–Kier alpha value is -6.68. The molecule has 1 saturated heterocycles. The fourth-order valence-corrected chi connectivity index (χ4v) is 9.58. The molecule has 1 N–H and O–H groups in total. The van der Waals surface area contributed by atoms with E-state index in [1.54, 1.807) is 43.5 Å². The van der Waals surface area contributed by atoms with Crippen molar-refractivity contribution >= 4 is 45.0 Å². The number of thiophene rings is 1. The van der Waals surface area contributed by atoms with E-state index < -0.39 is 12.1 Å². The highest BCUT2D eigenvalue weighted by Gasteiger charge is 2.30. The van der Waals surface area contributed by atoms with Gasteiger partial charge >= 0.3 is 5.97 Å². The first-order chi connectivity index (χ1) is 31.5. The molecule has 7 aromatic rings. The minimum atomic E-state index is -1.42. The van der Waals surface area contributed by atoms with Crippen LogP contribution in [0.25, 0.3) is 43.2 Å². The molecule has 6 heterocycles. The molecule has 0 radical (unpaired) electrons. The van der Waals surface area contributed by atoms with E-state index in [1.165, 1.54) is 29.8 Å². The van der Waals surface area contributed by atoms with E-state index >= 15 is 0 Å². The summed E-state index contributed by atoms with van der Waals surface area (Å²) in [5.74, 6) is 0.531. The number of aromatic nitrogens is 4. The van der Waals surface area contributed by atoms with Crippen LogP contribution in [0.4, 0.5) is 4.39 Å². The molecule has 1 fully saturated rings. The van der Waals surface area contributed by atoms with Crippen LogP contribution in [0, 0.1) is 12.7 Å². The number of amides is 1. The van der Waals surface area contributed by atoms with Crippen LogP contribution in [0.15, 0.2) is 97.5 Å². The average Bonchev–Trinajstić information content (AvgIpc) is 3.70. The lowest BCUT2D eigenvalue weighted by atomic mass is 9.96. The molecular weight excluding hydrogens is 871 g/mol. The molecule has 3 aromatic heterocycles. The fourth-order valence-electron chi connectivity index (χ4n) is 8.22. The standard InChI is InChI=1S/C49H44ClFN6O7S/c1-28-35-15-17-39(44(28)50)63-34(24-57-21-20-56(2)41(58)25-57)14-8-29-9-16-37(62-26-33-18-19-52-46(55-33)36-6-4-5-7-38(36)61-3)31(22-29)23-40(49(59)60)64-47-43-42(35)45(65-48(43)54-27-53-47)30-10-12-32(51)13-11-30/h4-7,9-13,15-19,22,27,34,40H,8,14,20-21,23-26H2,1-3H3,(H,59,60)/t34-,40+/m0/s1. The normalized spacial score (nSPS) is 16.8. The molecule has 3 aliphatic rings. The Morgan fingerprint density at radius 3 is 2.62 bits per heavy atom. The molecular formula is C49H44ClFN6O7S. The third-order valence-electron chi connectivity index (χ3n) is 11.7. The van der Waals surface area contributed by atoms with Crippen LogP contribution in [-0.4, -0.2) is 99.3 Å². The topological polar surface area (TPSA) is 149 Å². The lowest BCUT2D eigenvalue weighted by Gasteiger charge is -2.34. The van der Waals surface area contributed by atoms with Gasteiger partial charge in [-0.2, -0.15) is 0 Å². The minimum absolute atomic E-state index is 0.0375. The number of carbonyl (C=O) groups excluding carboxylic acids is 1. The first-order valence-corrected chi connectivity index (χ1v) is 22.3. The summed E-state index contributed by atoms with van der Waals surface area (Å²) in [6.07, 6.45) is 2.20. The Kier molecular flexibility index (Phi) is 12.6.